The van der Waals surface area contributed by atoms with Gasteiger partial charge in [0.25, 0.3) is 0 Å². The Bertz CT molecular complexity index is 687. The van der Waals surface area contributed by atoms with Gasteiger partial charge in [-0.05, 0) is 12.1 Å². The van der Waals surface area contributed by atoms with Crippen molar-refractivity contribution < 1.29 is 13.5 Å². The first-order valence-electron chi connectivity index (χ1n) is 4.79. The summed E-state index contributed by atoms with van der Waals surface area (Å²) in [6.07, 6.45) is 0. The molecule has 4 heteroatoms. The van der Waals surface area contributed by atoms with Crippen molar-refractivity contribution in [2.24, 2.45) is 0 Å². The highest BCUT2D eigenvalue weighted by Crippen LogP contribution is 2.46. The van der Waals surface area contributed by atoms with E-state index in [1.54, 1.807) is 36.4 Å². The molecule has 0 unspecified atom stereocenters. The van der Waals surface area contributed by atoms with E-state index in [1.165, 1.54) is 6.07 Å². The second-order valence-corrected chi connectivity index (χ2v) is 5.51. The molecule has 0 spiro atoms. The van der Waals surface area contributed by atoms with E-state index in [2.05, 4.69) is 0 Å². The maximum atomic E-state index is 12.1. The van der Waals surface area contributed by atoms with Crippen molar-refractivity contribution in [3.8, 4) is 16.9 Å². The lowest BCUT2D eigenvalue weighted by atomic mass is 10.1. The van der Waals surface area contributed by atoms with Crippen LogP contribution in [0.1, 0.15) is 0 Å². The van der Waals surface area contributed by atoms with Crippen LogP contribution in [0.15, 0.2) is 52.3 Å². The van der Waals surface area contributed by atoms with Gasteiger partial charge in [-0.2, -0.15) is 0 Å². The predicted molar refractivity (Wildman–Crippen MR) is 59.0 cm³/mol. The van der Waals surface area contributed by atoms with Crippen LogP contribution >= 0.6 is 0 Å². The highest BCUT2D eigenvalue weighted by atomic mass is 32.2. The zero-order valence-electron chi connectivity index (χ0n) is 8.21. The monoisotopic (exact) mass is 232 g/mol. The Hall–Kier alpha value is -1.81. The van der Waals surface area contributed by atoms with Crippen LogP contribution in [0.5, 0.6) is 5.75 Å². The van der Waals surface area contributed by atoms with Crippen molar-refractivity contribution >= 4 is 9.84 Å². The van der Waals surface area contributed by atoms with Crippen molar-refractivity contribution in [3.63, 3.8) is 0 Å². The molecular formula is C12H8O3S. The van der Waals surface area contributed by atoms with E-state index in [9.17, 15) is 13.5 Å². The van der Waals surface area contributed by atoms with E-state index in [0.717, 1.165) is 0 Å². The van der Waals surface area contributed by atoms with Crippen molar-refractivity contribution in [3.05, 3.63) is 42.5 Å². The zero-order chi connectivity index (χ0) is 11.3. The molecule has 0 amide bonds. The van der Waals surface area contributed by atoms with Crippen LogP contribution in [0, 0.1) is 0 Å². The third-order valence-corrected chi connectivity index (χ3v) is 4.63. The van der Waals surface area contributed by atoms with E-state index in [-0.39, 0.29) is 15.5 Å². The van der Waals surface area contributed by atoms with Gasteiger partial charge in [-0.1, -0.05) is 30.3 Å². The number of fused-ring (bicyclic) bond motifs is 3. The van der Waals surface area contributed by atoms with Crippen molar-refractivity contribution in [2.45, 2.75) is 9.79 Å². The summed E-state index contributed by atoms with van der Waals surface area (Å²) in [5.74, 6) is -0.186. The standard InChI is InChI=1S/C12H8O3S/c13-10-6-3-5-9-8-4-1-2-7-11(8)16(14,15)12(9)10/h1-7,13H. The van der Waals surface area contributed by atoms with Crippen LogP contribution in [0.3, 0.4) is 0 Å². The lowest BCUT2D eigenvalue weighted by Crippen LogP contribution is -1.96. The number of sulfone groups is 1. The molecule has 1 aliphatic heterocycles. The third kappa shape index (κ3) is 0.994. The SMILES string of the molecule is O=S1(=O)c2ccccc2-c2cccc(O)c21. The number of hydrogen-bond acceptors (Lipinski definition) is 3. The molecule has 0 aliphatic carbocycles. The Kier molecular flexibility index (Phi) is 1.68. The Morgan fingerprint density at radius 2 is 1.56 bits per heavy atom. The minimum atomic E-state index is -3.55. The van der Waals surface area contributed by atoms with Crippen LogP contribution in [0.4, 0.5) is 0 Å². The van der Waals surface area contributed by atoms with Gasteiger partial charge in [0.15, 0.2) is 0 Å². The van der Waals surface area contributed by atoms with Gasteiger partial charge >= 0.3 is 0 Å². The molecule has 1 heterocycles. The van der Waals surface area contributed by atoms with Gasteiger partial charge in [0.05, 0.1) is 4.90 Å². The van der Waals surface area contributed by atoms with Crippen molar-refractivity contribution in [2.75, 3.05) is 0 Å². The molecule has 0 bridgehead atoms. The summed E-state index contributed by atoms with van der Waals surface area (Å²) >= 11 is 0. The number of phenols is 1. The topological polar surface area (TPSA) is 54.4 Å². The molecule has 0 atom stereocenters. The molecule has 1 aliphatic rings. The fourth-order valence-electron chi connectivity index (χ4n) is 2.05. The number of phenolic OH excluding ortho intramolecular Hbond substituents is 1. The van der Waals surface area contributed by atoms with Gasteiger partial charge < -0.3 is 5.11 Å². The average molecular weight is 232 g/mol. The maximum absolute atomic E-state index is 12.1. The molecule has 3 nitrogen and oxygen atoms in total. The molecule has 16 heavy (non-hydrogen) atoms. The van der Waals surface area contributed by atoms with E-state index in [0.29, 0.717) is 11.1 Å². The lowest BCUT2D eigenvalue weighted by molar-refractivity contribution is 0.460. The molecule has 0 aromatic heterocycles. The molecule has 0 saturated carbocycles. The van der Waals surface area contributed by atoms with E-state index in [1.807, 2.05) is 0 Å². The number of hydrogen-bond donors (Lipinski definition) is 1. The first-order valence-corrected chi connectivity index (χ1v) is 6.27. The summed E-state index contributed by atoms with van der Waals surface area (Å²) in [5, 5.41) is 9.66. The van der Waals surface area contributed by atoms with Crippen LogP contribution in [0.2, 0.25) is 0 Å². The molecule has 0 radical (unpaired) electrons. The van der Waals surface area contributed by atoms with Crippen molar-refractivity contribution in [1.29, 1.82) is 0 Å². The molecule has 1 N–H and O–H groups in total. The van der Waals surface area contributed by atoms with Crippen molar-refractivity contribution in [1.82, 2.24) is 0 Å². The largest absolute Gasteiger partial charge is 0.507 e. The van der Waals surface area contributed by atoms with Gasteiger partial charge in [0.1, 0.15) is 10.6 Å². The fraction of sp³-hybridized carbons (Fsp3) is 0. The number of benzene rings is 2. The molecule has 0 fully saturated rings. The van der Waals surface area contributed by atoms with Gasteiger partial charge in [0.2, 0.25) is 9.84 Å². The first kappa shape index (κ1) is 9.42. The summed E-state index contributed by atoms with van der Waals surface area (Å²) in [4.78, 5) is 0.294. The maximum Gasteiger partial charge on any atom is 0.211 e. The molecule has 2 aromatic rings. The number of rotatable bonds is 0. The van der Waals surface area contributed by atoms with E-state index >= 15 is 0 Å². The molecule has 2 aromatic carbocycles. The second kappa shape index (κ2) is 2.86. The normalized spacial score (nSPS) is 15.5. The summed E-state index contributed by atoms with van der Waals surface area (Å²) in [6.45, 7) is 0. The third-order valence-electron chi connectivity index (χ3n) is 2.73. The van der Waals surface area contributed by atoms with Crippen LogP contribution < -0.4 is 0 Å². The summed E-state index contributed by atoms with van der Waals surface area (Å²) in [6, 6.07) is 11.5. The van der Waals surface area contributed by atoms with Crippen LogP contribution in [0.25, 0.3) is 11.1 Å². The smallest absolute Gasteiger partial charge is 0.211 e. The van der Waals surface area contributed by atoms with Crippen LogP contribution in [-0.4, -0.2) is 13.5 Å². The molecule has 80 valence electrons. The minimum Gasteiger partial charge on any atom is -0.507 e. The molecule has 3 rings (SSSR count). The van der Waals surface area contributed by atoms with Gasteiger partial charge in [-0.25, -0.2) is 8.42 Å². The Morgan fingerprint density at radius 1 is 0.875 bits per heavy atom. The Morgan fingerprint density at radius 3 is 2.38 bits per heavy atom. The predicted octanol–water partition coefficient (Wildman–Crippen LogP) is 2.21. The van der Waals surface area contributed by atoms with Gasteiger partial charge in [0, 0.05) is 11.1 Å². The number of aromatic hydroxyl groups is 1. The molecule has 0 saturated heterocycles. The van der Waals surface area contributed by atoms with Gasteiger partial charge in [-0.3, -0.25) is 0 Å². The Balaban J connectivity index is 2.55. The molecular weight excluding hydrogens is 224 g/mol. The minimum absolute atomic E-state index is 0.0243. The fourth-order valence-corrected chi connectivity index (χ4v) is 3.81. The zero-order valence-corrected chi connectivity index (χ0v) is 9.03. The van der Waals surface area contributed by atoms with Gasteiger partial charge in [-0.15, -0.1) is 0 Å². The highest BCUT2D eigenvalue weighted by Gasteiger charge is 2.34. The lowest BCUT2D eigenvalue weighted by Gasteiger charge is -2.00. The van der Waals surface area contributed by atoms with Crippen LogP contribution in [-0.2, 0) is 9.84 Å². The Labute approximate surface area is 92.9 Å². The quantitative estimate of drug-likeness (QED) is 0.646. The van der Waals surface area contributed by atoms with E-state index < -0.39 is 9.84 Å². The first-order chi connectivity index (χ1) is 7.62. The second-order valence-electron chi connectivity index (χ2n) is 3.65. The average Bonchev–Trinajstić information content (AvgIpc) is 2.50. The van der Waals surface area contributed by atoms with E-state index in [4.69, 9.17) is 0 Å². The highest BCUT2D eigenvalue weighted by molar-refractivity contribution is 7.92. The summed E-state index contributed by atoms with van der Waals surface area (Å²) < 4.78 is 24.3. The summed E-state index contributed by atoms with van der Waals surface area (Å²) in [5.41, 5.74) is 1.24. The summed E-state index contributed by atoms with van der Waals surface area (Å²) in [7, 11) is -3.55.